The van der Waals surface area contributed by atoms with E-state index in [2.05, 4.69) is 20.9 Å². The average Bonchev–Trinajstić information content (AvgIpc) is 3.03. The van der Waals surface area contributed by atoms with Crippen LogP contribution in [-0.2, 0) is 6.54 Å². The fourth-order valence-electron chi connectivity index (χ4n) is 3.87. The summed E-state index contributed by atoms with van der Waals surface area (Å²) >= 11 is 0. The normalized spacial score (nSPS) is 15.5. The molecular formula is C23H23F3N4O. The molecule has 31 heavy (non-hydrogen) atoms. The Kier molecular flexibility index (Phi) is 5.63. The largest absolute Gasteiger partial charge is 0.497 e. The second kappa shape index (κ2) is 8.23. The summed E-state index contributed by atoms with van der Waals surface area (Å²) < 4.78 is 45.7. The van der Waals surface area contributed by atoms with E-state index in [0.717, 1.165) is 42.8 Å². The number of nitriles is 1. The third-order valence-corrected chi connectivity index (χ3v) is 5.93. The van der Waals surface area contributed by atoms with Crippen molar-refractivity contribution in [1.82, 2.24) is 14.9 Å². The first-order valence-corrected chi connectivity index (χ1v) is 10.2. The Balaban J connectivity index is 1.72. The molecular weight excluding hydrogens is 405 g/mol. The van der Waals surface area contributed by atoms with E-state index in [1.807, 2.05) is 18.2 Å². The number of fused-ring (bicyclic) bond motifs is 1. The number of hydrogen-bond acceptors (Lipinski definition) is 4. The number of pyridine rings is 1. The van der Waals surface area contributed by atoms with Gasteiger partial charge in [0.2, 0.25) is 0 Å². The van der Waals surface area contributed by atoms with Crippen molar-refractivity contribution >= 4 is 10.9 Å². The van der Waals surface area contributed by atoms with Crippen molar-refractivity contribution in [3.63, 3.8) is 0 Å². The van der Waals surface area contributed by atoms with E-state index in [9.17, 15) is 18.4 Å². The molecule has 1 aliphatic carbocycles. The number of halogens is 3. The summed E-state index contributed by atoms with van der Waals surface area (Å²) in [6.07, 6.45) is 0.475. The maximum atomic E-state index is 12.7. The molecule has 8 heteroatoms. The van der Waals surface area contributed by atoms with Gasteiger partial charge >= 0.3 is 6.18 Å². The molecule has 3 aromatic rings. The number of methoxy groups -OCH3 is 1. The SMILES string of the molecule is COc1ccc2c(c1)c(C#N)c(-c1ccc(CNC(C)C(F)(F)F)cn1)n2C1CCC1. The molecule has 1 N–H and O–H groups in total. The van der Waals surface area contributed by atoms with Crippen molar-refractivity contribution < 1.29 is 17.9 Å². The van der Waals surface area contributed by atoms with Crippen LogP contribution in [0.1, 0.15) is 43.4 Å². The highest BCUT2D eigenvalue weighted by atomic mass is 19.4. The average molecular weight is 428 g/mol. The second-order valence-electron chi connectivity index (χ2n) is 7.87. The number of rotatable bonds is 6. The van der Waals surface area contributed by atoms with Gasteiger partial charge in [-0.25, -0.2) is 0 Å². The molecule has 162 valence electrons. The summed E-state index contributed by atoms with van der Waals surface area (Å²) in [4.78, 5) is 4.51. The molecule has 2 heterocycles. The highest BCUT2D eigenvalue weighted by molar-refractivity contribution is 5.95. The van der Waals surface area contributed by atoms with Crippen molar-refractivity contribution in [1.29, 1.82) is 5.26 Å². The Hall–Kier alpha value is -3.05. The first kappa shape index (κ1) is 21.2. The summed E-state index contributed by atoms with van der Waals surface area (Å²) in [5, 5.41) is 13.2. The topological polar surface area (TPSA) is 62.9 Å². The first-order valence-electron chi connectivity index (χ1n) is 10.2. The second-order valence-corrected chi connectivity index (χ2v) is 7.87. The van der Waals surface area contributed by atoms with E-state index in [0.29, 0.717) is 28.6 Å². The van der Waals surface area contributed by atoms with Crippen LogP contribution in [0.25, 0.3) is 22.3 Å². The lowest BCUT2D eigenvalue weighted by atomic mass is 9.92. The third-order valence-electron chi connectivity index (χ3n) is 5.93. The molecule has 0 spiro atoms. The first-order chi connectivity index (χ1) is 14.8. The van der Waals surface area contributed by atoms with Gasteiger partial charge in [0.1, 0.15) is 17.9 Å². The molecule has 1 fully saturated rings. The van der Waals surface area contributed by atoms with Crippen LogP contribution in [0, 0.1) is 11.3 Å². The monoisotopic (exact) mass is 428 g/mol. The Labute approximate surface area is 178 Å². The van der Waals surface area contributed by atoms with E-state index in [1.165, 1.54) is 0 Å². The van der Waals surface area contributed by atoms with Crippen LogP contribution in [0.4, 0.5) is 13.2 Å². The minimum atomic E-state index is -4.29. The maximum absolute atomic E-state index is 12.7. The third kappa shape index (κ3) is 3.98. The Bertz CT molecular complexity index is 1120. The Morgan fingerprint density at radius 2 is 2.06 bits per heavy atom. The summed E-state index contributed by atoms with van der Waals surface area (Å²) in [5.74, 6) is 0.675. The van der Waals surface area contributed by atoms with Crippen LogP contribution >= 0.6 is 0 Å². The molecule has 1 saturated carbocycles. The van der Waals surface area contributed by atoms with E-state index in [4.69, 9.17) is 4.74 Å². The molecule has 1 atom stereocenters. The van der Waals surface area contributed by atoms with Gasteiger partial charge in [-0.05, 0) is 56.0 Å². The Morgan fingerprint density at radius 3 is 2.61 bits per heavy atom. The fourth-order valence-corrected chi connectivity index (χ4v) is 3.87. The van der Waals surface area contributed by atoms with E-state index >= 15 is 0 Å². The van der Waals surface area contributed by atoms with Crippen LogP contribution in [0.3, 0.4) is 0 Å². The molecule has 0 radical (unpaired) electrons. The summed E-state index contributed by atoms with van der Waals surface area (Å²) in [5.41, 5.74) is 3.52. The zero-order valence-electron chi connectivity index (χ0n) is 17.3. The van der Waals surface area contributed by atoms with E-state index in [-0.39, 0.29) is 6.54 Å². The molecule has 1 unspecified atom stereocenters. The highest BCUT2D eigenvalue weighted by Crippen LogP contribution is 2.42. The number of ether oxygens (including phenoxy) is 1. The minimum Gasteiger partial charge on any atom is -0.497 e. The van der Waals surface area contributed by atoms with Gasteiger partial charge in [0, 0.05) is 24.2 Å². The number of hydrogen-bond donors (Lipinski definition) is 1. The molecule has 5 nitrogen and oxygen atoms in total. The van der Waals surface area contributed by atoms with Crippen molar-refractivity contribution in [3.05, 3.63) is 47.7 Å². The van der Waals surface area contributed by atoms with Crippen LogP contribution in [-0.4, -0.2) is 28.9 Å². The van der Waals surface area contributed by atoms with Gasteiger partial charge in [-0.15, -0.1) is 0 Å². The molecule has 0 bridgehead atoms. The number of nitrogens with zero attached hydrogens (tertiary/aromatic N) is 3. The maximum Gasteiger partial charge on any atom is 0.403 e. The predicted molar refractivity (Wildman–Crippen MR) is 112 cm³/mol. The van der Waals surface area contributed by atoms with Crippen LogP contribution in [0.2, 0.25) is 0 Å². The molecule has 1 aromatic carbocycles. The Morgan fingerprint density at radius 1 is 1.29 bits per heavy atom. The van der Waals surface area contributed by atoms with Crippen LogP contribution in [0.5, 0.6) is 5.75 Å². The van der Waals surface area contributed by atoms with E-state index < -0.39 is 12.2 Å². The molecule has 0 saturated heterocycles. The minimum absolute atomic E-state index is 0.0574. The van der Waals surface area contributed by atoms with Crippen molar-refractivity contribution in [2.45, 2.75) is 51.0 Å². The summed E-state index contributed by atoms with van der Waals surface area (Å²) in [6.45, 7) is 1.15. The van der Waals surface area contributed by atoms with Gasteiger partial charge in [0.05, 0.1) is 29.6 Å². The fraction of sp³-hybridized carbons (Fsp3) is 0.391. The zero-order valence-corrected chi connectivity index (χ0v) is 17.3. The molecule has 4 rings (SSSR count). The van der Waals surface area contributed by atoms with Gasteiger partial charge in [-0.3, -0.25) is 4.98 Å². The molecule has 0 amide bonds. The van der Waals surface area contributed by atoms with Gasteiger partial charge in [0.15, 0.2) is 0 Å². The van der Waals surface area contributed by atoms with Gasteiger partial charge in [0.25, 0.3) is 0 Å². The lowest BCUT2D eigenvalue weighted by molar-refractivity contribution is -0.151. The smallest absolute Gasteiger partial charge is 0.403 e. The predicted octanol–water partition coefficient (Wildman–Crippen LogP) is 5.35. The molecule has 2 aromatic heterocycles. The van der Waals surface area contributed by atoms with Crippen molar-refractivity contribution in [3.8, 4) is 23.2 Å². The number of aromatic nitrogens is 2. The van der Waals surface area contributed by atoms with E-state index in [1.54, 1.807) is 25.4 Å². The highest BCUT2D eigenvalue weighted by Gasteiger charge is 2.35. The lowest BCUT2D eigenvalue weighted by Crippen LogP contribution is -2.39. The lowest BCUT2D eigenvalue weighted by Gasteiger charge is -2.30. The zero-order chi connectivity index (χ0) is 22.2. The van der Waals surface area contributed by atoms with Gasteiger partial charge in [-0.1, -0.05) is 6.07 Å². The van der Waals surface area contributed by atoms with Crippen molar-refractivity contribution in [2.24, 2.45) is 0 Å². The number of benzene rings is 1. The summed E-state index contributed by atoms with van der Waals surface area (Å²) in [6, 6.07) is 10.3. The van der Waals surface area contributed by atoms with Crippen LogP contribution < -0.4 is 10.1 Å². The van der Waals surface area contributed by atoms with Gasteiger partial charge in [-0.2, -0.15) is 18.4 Å². The molecule has 0 aliphatic heterocycles. The van der Waals surface area contributed by atoms with Crippen molar-refractivity contribution in [2.75, 3.05) is 7.11 Å². The molecule has 1 aliphatic rings. The standard InChI is InChI=1S/C23H23F3N4O/c1-14(23(24,25)26)28-12-15-6-8-20(29-13-15)22-19(11-27)18-10-17(31-2)7-9-21(18)30(22)16-4-3-5-16/h6-10,13-14,16,28H,3-5,12H2,1-2H3. The van der Waals surface area contributed by atoms with Gasteiger partial charge < -0.3 is 14.6 Å². The summed E-state index contributed by atoms with van der Waals surface area (Å²) in [7, 11) is 1.59. The van der Waals surface area contributed by atoms with Crippen LogP contribution in [0.15, 0.2) is 36.5 Å². The quantitative estimate of drug-likeness (QED) is 0.575. The number of nitrogens with one attached hydrogen (secondary N) is 1. The number of alkyl halides is 3.